The molecule has 0 radical (unpaired) electrons. The second kappa shape index (κ2) is 2.59. The third-order valence-corrected chi connectivity index (χ3v) is 2.64. The Morgan fingerprint density at radius 1 is 1.67 bits per heavy atom. The Morgan fingerprint density at radius 3 is 3.17 bits per heavy atom. The Bertz CT molecular complexity index is 244. The van der Waals surface area contributed by atoms with E-state index < -0.39 is 0 Å². The van der Waals surface area contributed by atoms with Crippen LogP contribution in [0.2, 0.25) is 0 Å². The molecular formula is C9H12O3. The molecule has 3 heteroatoms. The Hall–Kier alpha value is -0.830. The Kier molecular flexibility index (Phi) is 1.68. The van der Waals surface area contributed by atoms with Crippen LogP contribution >= 0.6 is 0 Å². The smallest absolute Gasteiger partial charge is 0.306 e. The van der Waals surface area contributed by atoms with E-state index in [-0.39, 0.29) is 24.1 Å². The Labute approximate surface area is 71.0 Å². The van der Waals surface area contributed by atoms with Crippen molar-refractivity contribution in [1.29, 1.82) is 0 Å². The highest BCUT2D eigenvalue weighted by Gasteiger charge is 2.37. The zero-order valence-corrected chi connectivity index (χ0v) is 6.99. The normalized spacial score (nSPS) is 40.3. The summed E-state index contributed by atoms with van der Waals surface area (Å²) in [6.07, 6.45) is 2.55. The van der Waals surface area contributed by atoms with Gasteiger partial charge in [-0.1, -0.05) is 0 Å². The number of hydrogen-bond acceptors (Lipinski definition) is 3. The average molecular weight is 168 g/mol. The fourth-order valence-corrected chi connectivity index (χ4v) is 1.86. The van der Waals surface area contributed by atoms with Gasteiger partial charge in [0.05, 0.1) is 12.5 Å². The van der Waals surface area contributed by atoms with Crippen LogP contribution in [0, 0.1) is 5.92 Å². The summed E-state index contributed by atoms with van der Waals surface area (Å²) >= 11 is 0. The van der Waals surface area contributed by atoms with E-state index in [2.05, 4.69) is 0 Å². The summed E-state index contributed by atoms with van der Waals surface area (Å²) in [7, 11) is 0. The molecule has 0 unspecified atom stereocenters. The minimum absolute atomic E-state index is 0.0686. The number of hydrogen-bond donors (Lipinski definition) is 1. The highest BCUT2D eigenvalue weighted by molar-refractivity contribution is 5.72. The van der Waals surface area contributed by atoms with Gasteiger partial charge < -0.3 is 9.84 Å². The van der Waals surface area contributed by atoms with Crippen LogP contribution < -0.4 is 0 Å². The molecule has 3 nitrogen and oxygen atoms in total. The van der Waals surface area contributed by atoms with Crippen LogP contribution in [-0.2, 0) is 9.53 Å². The molecular weight excluding hydrogens is 156 g/mol. The molecule has 0 saturated carbocycles. The van der Waals surface area contributed by atoms with Crippen molar-refractivity contribution in [3.05, 3.63) is 11.6 Å². The molecule has 1 aliphatic heterocycles. The van der Waals surface area contributed by atoms with E-state index in [1.807, 2.05) is 13.0 Å². The standard InChI is InChI=1S/C9H12O3/c1-5-2-8-6(3-7(5)10)4-9(11)12-8/h2,6-8,10H,3-4H2,1H3/t6-,7+,8-/m1/s1. The first-order chi connectivity index (χ1) is 5.66. The summed E-state index contributed by atoms with van der Waals surface area (Å²) < 4.78 is 5.06. The SMILES string of the molecule is CC1=C[C@H]2OC(=O)C[C@H]2C[C@@H]1O. The second-order valence-electron chi connectivity index (χ2n) is 3.58. The fourth-order valence-electron chi connectivity index (χ4n) is 1.86. The zero-order valence-electron chi connectivity index (χ0n) is 6.99. The molecule has 1 saturated heterocycles. The number of rotatable bonds is 0. The molecule has 2 aliphatic rings. The topological polar surface area (TPSA) is 46.5 Å². The Morgan fingerprint density at radius 2 is 2.42 bits per heavy atom. The molecule has 0 bridgehead atoms. The van der Waals surface area contributed by atoms with Crippen molar-refractivity contribution in [2.75, 3.05) is 0 Å². The van der Waals surface area contributed by atoms with Gasteiger partial charge in [-0.25, -0.2) is 0 Å². The maximum Gasteiger partial charge on any atom is 0.306 e. The van der Waals surface area contributed by atoms with Crippen LogP contribution in [0.25, 0.3) is 0 Å². The molecule has 66 valence electrons. The minimum atomic E-state index is -0.374. The number of aliphatic hydroxyl groups excluding tert-OH is 1. The summed E-state index contributed by atoms with van der Waals surface area (Å²) in [5, 5.41) is 9.48. The van der Waals surface area contributed by atoms with E-state index in [4.69, 9.17) is 4.74 Å². The quantitative estimate of drug-likeness (QED) is 0.426. The van der Waals surface area contributed by atoms with E-state index in [1.54, 1.807) is 0 Å². The average Bonchev–Trinajstić information content (AvgIpc) is 2.30. The molecule has 12 heavy (non-hydrogen) atoms. The number of carbonyl (C=O) groups is 1. The molecule has 1 fully saturated rings. The van der Waals surface area contributed by atoms with Gasteiger partial charge in [0.1, 0.15) is 6.10 Å². The van der Waals surface area contributed by atoms with Crippen LogP contribution in [0.5, 0.6) is 0 Å². The van der Waals surface area contributed by atoms with Crippen molar-refractivity contribution in [3.8, 4) is 0 Å². The molecule has 0 aromatic rings. The minimum Gasteiger partial charge on any atom is -0.458 e. The maximum atomic E-state index is 10.9. The maximum absolute atomic E-state index is 10.9. The van der Waals surface area contributed by atoms with E-state index in [0.29, 0.717) is 12.8 Å². The number of esters is 1. The van der Waals surface area contributed by atoms with Gasteiger partial charge in [-0.3, -0.25) is 4.79 Å². The molecule has 2 rings (SSSR count). The molecule has 3 atom stereocenters. The summed E-state index contributed by atoms with van der Waals surface area (Å²) in [4.78, 5) is 10.9. The highest BCUT2D eigenvalue weighted by atomic mass is 16.5. The van der Waals surface area contributed by atoms with Gasteiger partial charge in [0.25, 0.3) is 0 Å². The molecule has 0 aromatic carbocycles. The number of ether oxygens (including phenoxy) is 1. The second-order valence-corrected chi connectivity index (χ2v) is 3.58. The van der Waals surface area contributed by atoms with Crippen molar-refractivity contribution < 1.29 is 14.6 Å². The van der Waals surface area contributed by atoms with Gasteiger partial charge in [-0.2, -0.15) is 0 Å². The first kappa shape index (κ1) is 7.80. The van der Waals surface area contributed by atoms with Gasteiger partial charge in [0, 0.05) is 5.92 Å². The van der Waals surface area contributed by atoms with Gasteiger partial charge in [-0.15, -0.1) is 0 Å². The molecule has 0 spiro atoms. The van der Waals surface area contributed by atoms with Crippen molar-refractivity contribution in [3.63, 3.8) is 0 Å². The number of aliphatic hydroxyl groups is 1. The number of carbonyl (C=O) groups excluding carboxylic acids is 1. The fraction of sp³-hybridized carbons (Fsp3) is 0.667. The van der Waals surface area contributed by atoms with E-state index in [1.165, 1.54) is 0 Å². The first-order valence-electron chi connectivity index (χ1n) is 4.22. The predicted molar refractivity (Wildman–Crippen MR) is 42.4 cm³/mol. The first-order valence-corrected chi connectivity index (χ1v) is 4.22. The third-order valence-electron chi connectivity index (χ3n) is 2.64. The molecule has 0 amide bonds. The van der Waals surface area contributed by atoms with Crippen molar-refractivity contribution in [1.82, 2.24) is 0 Å². The van der Waals surface area contributed by atoms with Crippen molar-refractivity contribution >= 4 is 5.97 Å². The van der Waals surface area contributed by atoms with Crippen LogP contribution in [0.3, 0.4) is 0 Å². The van der Waals surface area contributed by atoms with Crippen LogP contribution in [0.4, 0.5) is 0 Å². The summed E-state index contributed by atoms with van der Waals surface area (Å²) in [6, 6.07) is 0. The predicted octanol–water partition coefficient (Wildman–Crippen LogP) is 0.629. The molecule has 1 heterocycles. The highest BCUT2D eigenvalue weighted by Crippen LogP contribution is 2.33. The van der Waals surface area contributed by atoms with Crippen molar-refractivity contribution in [2.45, 2.75) is 32.0 Å². The van der Waals surface area contributed by atoms with Crippen LogP contribution in [0.15, 0.2) is 11.6 Å². The molecule has 1 aliphatic carbocycles. The van der Waals surface area contributed by atoms with Gasteiger partial charge in [0.2, 0.25) is 0 Å². The molecule has 0 aromatic heterocycles. The van der Waals surface area contributed by atoms with Crippen LogP contribution in [-0.4, -0.2) is 23.3 Å². The lowest BCUT2D eigenvalue weighted by atomic mass is 9.85. The summed E-state index contributed by atoms with van der Waals surface area (Å²) in [6.45, 7) is 1.87. The largest absolute Gasteiger partial charge is 0.458 e. The third kappa shape index (κ3) is 1.14. The molecule has 1 N–H and O–H groups in total. The number of fused-ring (bicyclic) bond motifs is 1. The summed E-state index contributed by atoms with van der Waals surface area (Å²) in [5.74, 6) is 0.0688. The van der Waals surface area contributed by atoms with Crippen molar-refractivity contribution in [2.24, 2.45) is 5.92 Å². The zero-order chi connectivity index (χ0) is 8.72. The lowest BCUT2D eigenvalue weighted by Gasteiger charge is -2.24. The summed E-state index contributed by atoms with van der Waals surface area (Å²) in [5.41, 5.74) is 0.922. The van der Waals surface area contributed by atoms with E-state index >= 15 is 0 Å². The van der Waals surface area contributed by atoms with Gasteiger partial charge in [0.15, 0.2) is 0 Å². The van der Waals surface area contributed by atoms with E-state index in [9.17, 15) is 9.90 Å². The lowest BCUT2D eigenvalue weighted by Crippen LogP contribution is -2.26. The Balaban J connectivity index is 2.19. The van der Waals surface area contributed by atoms with Gasteiger partial charge >= 0.3 is 5.97 Å². The van der Waals surface area contributed by atoms with Crippen LogP contribution in [0.1, 0.15) is 19.8 Å². The van der Waals surface area contributed by atoms with Gasteiger partial charge in [-0.05, 0) is 25.0 Å². The van der Waals surface area contributed by atoms with E-state index in [0.717, 1.165) is 5.57 Å². The lowest BCUT2D eigenvalue weighted by molar-refractivity contribution is -0.140. The monoisotopic (exact) mass is 168 g/mol.